The summed E-state index contributed by atoms with van der Waals surface area (Å²) in [7, 11) is 0. The topological polar surface area (TPSA) is 24.1 Å². The SMILES string of the molecule is CCCCCC(C)NCC1CCCN1. The van der Waals surface area contributed by atoms with Crippen molar-refractivity contribution in [2.45, 2.75) is 64.5 Å². The smallest absolute Gasteiger partial charge is 0.0193 e. The molecular weight excluding hydrogens is 172 g/mol. The van der Waals surface area contributed by atoms with E-state index in [1.807, 2.05) is 0 Å². The molecule has 0 aromatic heterocycles. The number of hydrogen-bond acceptors (Lipinski definition) is 2. The third-order valence-electron chi connectivity index (χ3n) is 3.12. The minimum absolute atomic E-state index is 0.698. The van der Waals surface area contributed by atoms with E-state index in [2.05, 4.69) is 24.5 Å². The number of rotatable bonds is 7. The average molecular weight is 198 g/mol. The van der Waals surface area contributed by atoms with Gasteiger partial charge in [0.15, 0.2) is 0 Å². The predicted molar refractivity (Wildman–Crippen MR) is 62.6 cm³/mol. The largest absolute Gasteiger partial charge is 0.313 e. The van der Waals surface area contributed by atoms with Crippen LogP contribution in [-0.4, -0.2) is 25.2 Å². The molecule has 1 heterocycles. The summed E-state index contributed by atoms with van der Waals surface area (Å²) in [6.45, 7) is 6.95. The van der Waals surface area contributed by atoms with E-state index in [0.717, 1.165) is 12.6 Å². The predicted octanol–water partition coefficient (Wildman–Crippen LogP) is 2.30. The van der Waals surface area contributed by atoms with Crippen LogP contribution < -0.4 is 10.6 Å². The Balaban J connectivity index is 1.93. The fraction of sp³-hybridized carbons (Fsp3) is 1.00. The molecule has 1 aliphatic rings. The van der Waals surface area contributed by atoms with E-state index in [1.54, 1.807) is 0 Å². The molecule has 0 saturated carbocycles. The number of hydrogen-bond donors (Lipinski definition) is 2. The summed E-state index contributed by atoms with van der Waals surface area (Å²) in [5.41, 5.74) is 0. The van der Waals surface area contributed by atoms with Crippen LogP contribution in [0.1, 0.15) is 52.4 Å². The first kappa shape index (κ1) is 12.0. The molecule has 2 N–H and O–H groups in total. The standard InChI is InChI=1S/C12H26N2/c1-3-4-5-7-11(2)14-10-12-8-6-9-13-12/h11-14H,3-10H2,1-2H3. The second-order valence-electron chi connectivity index (χ2n) is 4.60. The van der Waals surface area contributed by atoms with Gasteiger partial charge < -0.3 is 10.6 Å². The van der Waals surface area contributed by atoms with Crippen molar-refractivity contribution >= 4 is 0 Å². The zero-order valence-corrected chi connectivity index (χ0v) is 9.81. The zero-order chi connectivity index (χ0) is 10.2. The monoisotopic (exact) mass is 198 g/mol. The summed E-state index contributed by atoms with van der Waals surface area (Å²) in [6.07, 6.45) is 8.14. The van der Waals surface area contributed by atoms with Gasteiger partial charge in [-0.05, 0) is 32.7 Å². The Kier molecular flexibility index (Phi) is 6.20. The second kappa shape index (κ2) is 7.24. The highest BCUT2D eigenvalue weighted by atomic mass is 15.0. The van der Waals surface area contributed by atoms with Crippen molar-refractivity contribution in [3.8, 4) is 0 Å². The summed E-state index contributed by atoms with van der Waals surface area (Å²) in [5, 5.41) is 7.14. The minimum Gasteiger partial charge on any atom is -0.313 e. The lowest BCUT2D eigenvalue weighted by Gasteiger charge is -2.17. The van der Waals surface area contributed by atoms with Gasteiger partial charge in [-0.3, -0.25) is 0 Å². The summed E-state index contributed by atoms with van der Waals surface area (Å²) in [4.78, 5) is 0. The molecule has 0 spiro atoms. The van der Waals surface area contributed by atoms with Gasteiger partial charge in [0.25, 0.3) is 0 Å². The lowest BCUT2D eigenvalue weighted by atomic mass is 10.1. The van der Waals surface area contributed by atoms with E-state index in [0.29, 0.717) is 6.04 Å². The van der Waals surface area contributed by atoms with E-state index >= 15 is 0 Å². The molecule has 1 saturated heterocycles. The Morgan fingerprint density at radius 2 is 2.29 bits per heavy atom. The molecule has 0 amide bonds. The van der Waals surface area contributed by atoms with E-state index in [1.165, 1.54) is 45.1 Å². The van der Waals surface area contributed by atoms with Gasteiger partial charge in [0.1, 0.15) is 0 Å². The van der Waals surface area contributed by atoms with Gasteiger partial charge in [0.2, 0.25) is 0 Å². The van der Waals surface area contributed by atoms with Crippen LogP contribution in [0.25, 0.3) is 0 Å². The van der Waals surface area contributed by atoms with Crippen molar-refractivity contribution in [2.75, 3.05) is 13.1 Å². The maximum atomic E-state index is 3.62. The molecule has 2 nitrogen and oxygen atoms in total. The number of nitrogens with one attached hydrogen (secondary N) is 2. The molecule has 0 aliphatic carbocycles. The van der Waals surface area contributed by atoms with Crippen molar-refractivity contribution in [2.24, 2.45) is 0 Å². The van der Waals surface area contributed by atoms with Crippen LogP contribution >= 0.6 is 0 Å². The Hall–Kier alpha value is -0.0800. The first-order chi connectivity index (χ1) is 6.83. The Morgan fingerprint density at radius 3 is 2.93 bits per heavy atom. The van der Waals surface area contributed by atoms with Gasteiger partial charge in [-0.15, -0.1) is 0 Å². The van der Waals surface area contributed by atoms with Crippen LogP contribution in [0.15, 0.2) is 0 Å². The highest BCUT2D eigenvalue weighted by molar-refractivity contribution is 4.77. The fourth-order valence-corrected chi connectivity index (χ4v) is 2.08. The maximum Gasteiger partial charge on any atom is 0.0193 e. The molecule has 2 heteroatoms. The maximum absolute atomic E-state index is 3.62. The molecule has 0 aromatic rings. The van der Waals surface area contributed by atoms with Gasteiger partial charge in [0.05, 0.1) is 0 Å². The van der Waals surface area contributed by atoms with E-state index in [9.17, 15) is 0 Å². The summed E-state index contributed by atoms with van der Waals surface area (Å²) in [5.74, 6) is 0. The van der Waals surface area contributed by atoms with Crippen LogP contribution in [-0.2, 0) is 0 Å². The molecule has 0 radical (unpaired) electrons. The molecule has 1 rings (SSSR count). The molecule has 14 heavy (non-hydrogen) atoms. The second-order valence-corrected chi connectivity index (χ2v) is 4.60. The molecule has 0 bridgehead atoms. The Morgan fingerprint density at radius 1 is 1.43 bits per heavy atom. The van der Waals surface area contributed by atoms with Gasteiger partial charge in [0, 0.05) is 18.6 Å². The Labute approximate surface area is 88.8 Å². The molecular formula is C12H26N2. The van der Waals surface area contributed by atoms with Crippen LogP contribution in [0, 0.1) is 0 Å². The first-order valence-electron chi connectivity index (χ1n) is 6.29. The molecule has 84 valence electrons. The highest BCUT2D eigenvalue weighted by Gasteiger charge is 2.13. The van der Waals surface area contributed by atoms with E-state index in [-0.39, 0.29) is 0 Å². The lowest BCUT2D eigenvalue weighted by Crippen LogP contribution is -2.38. The van der Waals surface area contributed by atoms with Crippen LogP contribution in [0.4, 0.5) is 0 Å². The minimum atomic E-state index is 0.698. The van der Waals surface area contributed by atoms with E-state index < -0.39 is 0 Å². The van der Waals surface area contributed by atoms with Crippen LogP contribution in [0.5, 0.6) is 0 Å². The zero-order valence-electron chi connectivity index (χ0n) is 9.81. The van der Waals surface area contributed by atoms with Crippen LogP contribution in [0.2, 0.25) is 0 Å². The molecule has 2 atom stereocenters. The quantitative estimate of drug-likeness (QED) is 0.613. The summed E-state index contributed by atoms with van der Waals surface area (Å²) in [6, 6.07) is 1.44. The van der Waals surface area contributed by atoms with Crippen LogP contribution in [0.3, 0.4) is 0 Å². The van der Waals surface area contributed by atoms with Gasteiger partial charge in [-0.2, -0.15) is 0 Å². The first-order valence-corrected chi connectivity index (χ1v) is 6.29. The van der Waals surface area contributed by atoms with E-state index in [4.69, 9.17) is 0 Å². The molecule has 2 unspecified atom stereocenters. The molecule has 1 fully saturated rings. The van der Waals surface area contributed by atoms with Gasteiger partial charge >= 0.3 is 0 Å². The summed E-state index contributed by atoms with van der Waals surface area (Å²) >= 11 is 0. The van der Waals surface area contributed by atoms with Gasteiger partial charge in [-0.25, -0.2) is 0 Å². The van der Waals surface area contributed by atoms with Crippen molar-refractivity contribution in [1.82, 2.24) is 10.6 Å². The lowest BCUT2D eigenvalue weighted by molar-refractivity contribution is 0.448. The normalized spacial score (nSPS) is 24.0. The van der Waals surface area contributed by atoms with Crippen molar-refractivity contribution in [3.63, 3.8) is 0 Å². The highest BCUT2D eigenvalue weighted by Crippen LogP contribution is 2.06. The number of unbranched alkanes of at least 4 members (excludes halogenated alkanes) is 2. The summed E-state index contributed by atoms with van der Waals surface area (Å²) < 4.78 is 0. The third kappa shape index (κ3) is 4.97. The molecule has 1 aliphatic heterocycles. The average Bonchev–Trinajstić information content (AvgIpc) is 2.68. The Bertz CT molecular complexity index is 130. The molecule has 0 aromatic carbocycles. The fourth-order valence-electron chi connectivity index (χ4n) is 2.08. The van der Waals surface area contributed by atoms with Crippen molar-refractivity contribution < 1.29 is 0 Å². The van der Waals surface area contributed by atoms with Crippen molar-refractivity contribution in [1.29, 1.82) is 0 Å². The van der Waals surface area contributed by atoms with Crippen molar-refractivity contribution in [3.05, 3.63) is 0 Å². The van der Waals surface area contributed by atoms with Gasteiger partial charge in [-0.1, -0.05) is 26.2 Å². The third-order valence-corrected chi connectivity index (χ3v) is 3.12.